The van der Waals surface area contributed by atoms with Crippen LogP contribution in [0.1, 0.15) is 33.6 Å². The van der Waals surface area contributed by atoms with Gasteiger partial charge >= 0.3 is 0 Å². The van der Waals surface area contributed by atoms with E-state index in [0.717, 1.165) is 18.3 Å². The highest BCUT2D eigenvalue weighted by atomic mass is 16.3. The Kier molecular flexibility index (Phi) is 2.91. The fourth-order valence-corrected chi connectivity index (χ4v) is 1.82. The van der Waals surface area contributed by atoms with Crippen LogP contribution in [-0.4, -0.2) is 17.0 Å². The molecular weight excluding hydrogens is 164 g/mol. The van der Waals surface area contributed by atoms with Crippen LogP contribution < -0.4 is 0 Å². The van der Waals surface area contributed by atoms with Crippen LogP contribution in [0.5, 0.6) is 0 Å². The summed E-state index contributed by atoms with van der Waals surface area (Å²) in [7, 11) is 0. The number of aliphatic hydroxyl groups is 1. The first-order chi connectivity index (χ1) is 5.99. The molecule has 0 heterocycles. The normalized spacial score (nSPS) is 34.5. The minimum atomic E-state index is -0.691. The average molecular weight is 182 g/mol. The van der Waals surface area contributed by atoms with Gasteiger partial charge < -0.3 is 9.90 Å². The minimum absolute atomic E-state index is 0.0269. The van der Waals surface area contributed by atoms with Crippen molar-refractivity contribution in [3.05, 3.63) is 11.6 Å². The van der Waals surface area contributed by atoms with Crippen molar-refractivity contribution in [1.29, 1.82) is 0 Å². The number of carbonyl (C=O) groups excluding carboxylic acids is 1. The second kappa shape index (κ2) is 3.62. The van der Waals surface area contributed by atoms with E-state index in [4.69, 9.17) is 0 Å². The second-order valence-corrected chi connectivity index (χ2v) is 4.32. The molecule has 1 aliphatic carbocycles. The van der Waals surface area contributed by atoms with Crippen molar-refractivity contribution >= 4 is 6.29 Å². The smallest absolute Gasteiger partial charge is 0.127 e. The molecule has 2 heteroatoms. The Hall–Kier alpha value is -0.630. The van der Waals surface area contributed by atoms with Gasteiger partial charge in [-0.15, -0.1) is 0 Å². The van der Waals surface area contributed by atoms with E-state index in [-0.39, 0.29) is 11.8 Å². The fourth-order valence-electron chi connectivity index (χ4n) is 1.82. The van der Waals surface area contributed by atoms with Crippen molar-refractivity contribution in [2.75, 3.05) is 0 Å². The molecule has 74 valence electrons. The molecule has 2 unspecified atom stereocenters. The molecule has 1 rings (SSSR count). The van der Waals surface area contributed by atoms with Crippen molar-refractivity contribution in [3.63, 3.8) is 0 Å². The van der Waals surface area contributed by atoms with Crippen LogP contribution in [-0.2, 0) is 4.79 Å². The van der Waals surface area contributed by atoms with Crippen LogP contribution in [0.25, 0.3) is 0 Å². The number of aldehydes is 1. The molecule has 0 aromatic heterocycles. The lowest BCUT2D eigenvalue weighted by atomic mass is 9.75. The SMILES string of the molecule is CC1=CC(O)(C(C)C)CCC1C=O. The van der Waals surface area contributed by atoms with Crippen LogP contribution in [0, 0.1) is 11.8 Å². The average Bonchev–Trinajstić information content (AvgIpc) is 2.04. The third-order valence-electron chi connectivity index (χ3n) is 3.08. The van der Waals surface area contributed by atoms with Gasteiger partial charge in [-0.3, -0.25) is 0 Å². The zero-order chi connectivity index (χ0) is 10.1. The third kappa shape index (κ3) is 1.99. The quantitative estimate of drug-likeness (QED) is 0.523. The summed E-state index contributed by atoms with van der Waals surface area (Å²) in [6.07, 6.45) is 4.32. The molecule has 0 saturated heterocycles. The highest BCUT2D eigenvalue weighted by Crippen LogP contribution is 2.34. The Bertz CT molecular complexity index is 230. The third-order valence-corrected chi connectivity index (χ3v) is 3.08. The maximum absolute atomic E-state index is 10.6. The van der Waals surface area contributed by atoms with Gasteiger partial charge in [0.2, 0.25) is 0 Å². The summed E-state index contributed by atoms with van der Waals surface area (Å²) in [6.45, 7) is 5.93. The number of rotatable bonds is 2. The number of allylic oxidation sites excluding steroid dienone is 1. The van der Waals surface area contributed by atoms with Crippen molar-refractivity contribution in [1.82, 2.24) is 0 Å². The van der Waals surface area contributed by atoms with E-state index in [2.05, 4.69) is 0 Å². The van der Waals surface area contributed by atoms with Crippen LogP contribution in [0.15, 0.2) is 11.6 Å². The second-order valence-electron chi connectivity index (χ2n) is 4.32. The maximum Gasteiger partial charge on any atom is 0.127 e. The van der Waals surface area contributed by atoms with Gasteiger partial charge in [0.05, 0.1) is 5.60 Å². The minimum Gasteiger partial charge on any atom is -0.386 e. The van der Waals surface area contributed by atoms with E-state index in [1.54, 1.807) is 0 Å². The lowest BCUT2D eigenvalue weighted by Crippen LogP contribution is -2.37. The van der Waals surface area contributed by atoms with Gasteiger partial charge in [-0.1, -0.05) is 25.5 Å². The molecule has 0 saturated carbocycles. The van der Waals surface area contributed by atoms with Gasteiger partial charge in [-0.05, 0) is 25.7 Å². The summed E-state index contributed by atoms with van der Waals surface area (Å²) in [6, 6.07) is 0. The Balaban J connectivity index is 2.87. The molecule has 0 aliphatic heterocycles. The highest BCUT2D eigenvalue weighted by molar-refractivity contribution is 5.59. The van der Waals surface area contributed by atoms with Gasteiger partial charge in [0, 0.05) is 5.92 Å². The van der Waals surface area contributed by atoms with E-state index < -0.39 is 5.60 Å². The van der Waals surface area contributed by atoms with Crippen molar-refractivity contribution in [2.45, 2.75) is 39.2 Å². The monoisotopic (exact) mass is 182 g/mol. The summed E-state index contributed by atoms with van der Waals surface area (Å²) in [5.74, 6) is 0.245. The van der Waals surface area contributed by atoms with Gasteiger partial charge in [0.1, 0.15) is 6.29 Å². The predicted octanol–water partition coefficient (Wildman–Crippen LogP) is 1.93. The van der Waals surface area contributed by atoms with Crippen LogP contribution in [0.3, 0.4) is 0 Å². The molecule has 2 nitrogen and oxygen atoms in total. The van der Waals surface area contributed by atoms with E-state index in [1.807, 2.05) is 26.8 Å². The summed E-state index contributed by atoms with van der Waals surface area (Å²) < 4.78 is 0. The molecule has 0 aromatic rings. The van der Waals surface area contributed by atoms with Gasteiger partial charge in [-0.2, -0.15) is 0 Å². The summed E-state index contributed by atoms with van der Waals surface area (Å²) in [5.41, 5.74) is 0.321. The van der Waals surface area contributed by atoms with E-state index in [9.17, 15) is 9.90 Å². The number of hydrogen-bond donors (Lipinski definition) is 1. The lowest BCUT2D eigenvalue weighted by molar-refractivity contribution is -0.111. The first kappa shape index (κ1) is 10.5. The standard InChI is InChI=1S/C11H18O2/c1-8(2)11(13)5-4-10(7-12)9(3)6-11/h6-8,10,13H,4-5H2,1-3H3. The molecule has 0 spiro atoms. The molecule has 2 atom stereocenters. The van der Waals surface area contributed by atoms with Crippen molar-refractivity contribution < 1.29 is 9.90 Å². The number of hydrogen-bond acceptors (Lipinski definition) is 2. The van der Waals surface area contributed by atoms with E-state index >= 15 is 0 Å². The molecule has 0 aromatic carbocycles. The maximum atomic E-state index is 10.6. The molecule has 0 bridgehead atoms. The molecular formula is C11H18O2. The van der Waals surface area contributed by atoms with Crippen LogP contribution in [0.4, 0.5) is 0 Å². The Morgan fingerprint density at radius 2 is 2.31 bits per heavy atom. The first-order valence-corrected chi connectivity index (χ1v) is 4.86. The zero-order valence-electron chi connectivity index (χ0n) is 8.58. The largest absolute Gasteiger partial charge is 0.386 e. The molecule has 0 fully saturated rings. The molecule has 0 amide bonds. The Morgan fingerprint density at radius 3 is 2.69 bits per heavy atom. The Labute approximate surface area is 79.6 Å². The molecule has 1 N–H and O–H groups in total. The van der Waals surface area contributed by atoms with Gasteiger partial charge in [0.15, 0.2) is 0 Å². The first-order valence-electron chi connectivity index (χ1n) is 4.86. The molecule has 0 radical (unpaired) electrons. The summed E-state index contributed by atoms with van der Waals surface area (Å²) in [4.78, 5) is 10.6. The summed E-state index contributed by atoms with van der Waals surface area (Å²) >= 11 is 0. The van der Waals surface area contributed by atoms with Crippen LogP contribution >= 0.6 is 0 Å². The van der Waals surface area contributed by atoms with Crippen LogP contribution in [0.2, 0.25) is 0 Å². The lowest BCUT2D eigenvalue weighted by Gasteiger charge is -2.35. The molecule has 1 aliphatic rings. The Morgan fingerprint density at radius 1 is 1.69 bits per heavy atom. The highest BCUT2D eigenvalue weighted by Gasteiger charge is 2.33. The zero-order valence-corrected chi connectivity index (χ0v) is 8.58. The molecule has 13 heavy (non-hydrogen) atoms. The van der Waals surface area contributed by atoms with E-state index in [0.29, 0.717) is 6.42 Å². The van der Waals surface area contributed by atoms with Gasteiger partial charge in [-0.25, -0.2) is 0 Å². The topological polar surface area (TPSA) is 37.3 Å². The van der Waals surface area contributed by atoms with Crippen molar-refractivity contribution in [3.8, 4) is 0 Å². The fraction of sp³-hybridized carbons (Fsp3) is 0.727. The summed E-state index contributed by atoms with van der Waals surface area (Å²) in [5, 5.41) is 10.1. The van der Waals surface area contributed by atoms with Gasteiger partial charge in [0.25, 0.3) is 0 Å². The van der Waals surface area contributed by atoms with Crippen molar-refractivity contribution in [2.24, 2.45) is 11.8 Å². The number of carbonyl (C=O) groups is 1. The van der Waals surface area contributed by atoms with E-state index in [1.165, 1.54) is 0 Å². The predicted molar refractivity (Wildman–Crippen MR) is 52.3 cm³/mol.